The minimum absolute atomic E-state index is 0.00297. The minimum atomic E-state index is -0.288. The molecule has 0 spiro atoms. The third-order valence-electron chi connectivity index (χ3n) is 2.84. The fraction of sp³-hybridized carbons (Fsp3) is 0.538. The summed E-state index contributed by atoms with van der Waals surface area (Å²) in [6.07, 6.45) is 1.72. The van der Waals surface area contributed by atoms with Gasteiger partial charge in [0.05, 0.1) is 16.2 Å². The average molecular weight is 281 g/mol. The predicted molar refractivity (Wildman–Crippen MR) is 79.2 cm³/mol. The molecule has 104 valence electrons. The van der Waals surface area contributed by atoms with Crippen molar-refractivity contribution < 1.29 is 4.92 Å². The highest BCUT2D eigenvalue weighted by atomic mass is 32.2. The Morgan fingerprint density at radius 3 is 2.79 bits per heavy atom. The van der Waals surface area contributed by atoms with Crippen LogP contribution in [0, 0.1) is 10.1 Å². The van der Waals surface area contributed by atoms with Crippen LogP contribution in [0.3, 0.4) is 0 Å². The van der Waals surface area contributed by atoms with Gasteiger partial charge in [-0.3, -0.25) is 10.1 Å². The highest BCUT2D eigenvalue weighted by molar-refractivity contribution is 7.98. The molecule has 0 unspecified atom stereocenters. The van der Waals surface area contributed by atoms with Crippen molar-refractivity contribution in [3.05, 3.63) is 33.9 Å². The molecule has 0 radical (unpaired) electrons. The smallest absolute Gasteiger partial charge is 0.274 e. The molecule has 0 atom stereocenters. The first-order valence-corrected chi connectivity index (χ1v) is 7.14. The van der Waals surface area contributed by atoms with Crippen LogP contribution >= 0.6 is 12.1 Å². The van der Waals surface area contributed by atoms with E-state index >= 15 is 0 Å². The Hall–Kier alpha value is -1.27. The van der Waals surface area contributed by atoms with Gasteiger partial charge in [-0.15, -0.1) is 0 Å². The Morgan fingerprint density at radius 1 is 1.42 bits per heavy atom. The molecular weight excluding hydrogens is 262 g/mol. The molecule has 0 aliphatic carbocycles. The monoisotopic (exact) mass is 281 g/mol. The van der Waals surface area contributed by atoms with Crippen LogP contribution < -0.4 is 9.03 Å². The number of hydrogen-bond donors (Lipinski definition) is 1. The lowest BCUT2D eigenvalue weighted by Gasteiger charge is -2.32. The largest absolute Gasteiger partial charge is 0.303 e. The van der Waals surface area contributed by atoms with E-state index in [-0.39, 0.29) is 16.1 Å². The van der Waals surface area contributed by atoms with Gasteiger partial charge in [0.15, 0.2) is 0 Å². The summed E-state index contributed by atoms with van der Waals surface area (Å²) in [5, 5.41) is 11.1. The second kappa shape index (κ2) is 5.38. The molecule has 6 heteroatoms. The van der Waals surface area contributed by atoms with Gasteiger partial charge < -0.3 is 4.31 Å². The molecule has 1 heterocycles. The fourth-order valence-corrected chi connectivity index (χ4v) is 2.90. The van der Waals surface area contributed by atoms with Crippen molar-refractivity contribution in [2.45, 2.75) is 39.2 Å². The van der Waals surface area contributed by atoms with Gasteiger partial charge >= 0.3 is 0 Å². The van der Waals surface area contributed by atoms with Crippen LogP contribution in [0.2, 0.25) is 0 Å². The van der Waals surface area contributed by atoms with Crippen molar-refractivity contribution in [3.8, 4) is 0 Å². The van der Waals surface area contributed by atoms with Crippen molar-refractivity contribution >= 4 is 23.5 Å². The Bertz CT molecular complexity index is 485. The van der Waals surface area contributed by atoms with E-state index in [9.17, 15) is 10.1 Å². The second-order valence-corrected chi connectivity index (χ2v) is 6.51. The molecule has 5 nitrogen and oxygen atoms in total. The number of rotatable bonds is 3. The van der Waals surface area contributed by atoms with Crippen LogP contribution in [0.15, 0.2) is 18.2 Å². The van der Waals surface area contributed by atoms with Gasteiger partial charge in [0.25, 0.3) is 5.69 Å². The van der Waals surface area contributed by atoms with Crippen LogP contribution in [0.5, 0.6) is 0 Å². The zero-order valence-corrected chi connectivity index (χ0v) is 12.3. The van der Waals surface area contributed by atoms with E-state index in [0.29, 0.717) is 0 Å². The molecule has 0 fully saturated rings. The molecule has 0 amide bonds. The lowest BCUT2D eigenvalue weighted by Crippen LogP contribution is -2.36. The summed E-state index contributed by atoms with van der Waals surface area (Å²) in [6, 6.07) is 5.30. The Morgan fingerprint density at radius 2 is 2.16 bits per heavy atom. The van der Waals surface area contributed by atoms with Gasteiger partial charge in [-0.1, -0.05) is 6.07 Å². The van der Waals surface area contributed by atoms with Gasteiger partial charge in [-0.2, -0.15) is 0 Å². The van der Waals surface area contributed by atoms with Crippen LogP contribution in [0.25, 0.3) is 0 Å². The number of nitrogens with zero attached hydrogens (tertiary/aromatic N) is 2. The van der Waals surface area contributed by atoms with E-state index in [1.165, 1.54) is 12.1 Å². The lowest BCUT2D eigenvalue weighted by atomic mass is 10.0. The lowest BCUT2D eigenvalue weighted by molar-refractivity contribution is -0.385. The standard InChI is InChI=1S/C13H19N3O2S/c1-13(2,3)14-19-15-9-5-6-10-11(15)7-4-8-12(10)16(17)18/h4,7-8,14H,5-6,9H2,1-3H3. The summed E-state index contributed by atoms with van der Waals surface area (Å²) < 4.78 is 5.46. The van der Waals surface area contributed by atoms with Gasteiger partial charge in [-0.25, -0.2) is 4.72 Å². The number of hydrogen-bond acceptors (Lipinski definition) is 5. The number of nitro benzene ring substituents is 1. The normalized spacial score (nSPS) is 15.2. The Kier molecular flexibility index (Phi) is 4.01. The summed E-state index contributed by atoms with van der Waals surface area (Å²) in [5.74, 6) is 0. The molecule has 1 N–H and O–H groups in total. The maximum atomic E-state index is 11.1. The summed E-state index contributed by atoms with van der Waals surface area (Å²) in [5.41, 5.74) is 2.05. The molecular formula is C13H19N3O2S. The molecule has 0 saturated heterocycles. The van der Waals surface area contributed by atoms with Gasteiger partial charge in [0, 0.05) is 30.3 Å². The first-order valence-electron chi connectivity index (χ1n) is 6.36. The Balaban J connectivity index is 2.25. The van der Waals surface area contributed by atoms with Gasteiger partial charge in [0.2, 0.25) is 0 Å². The number of fused-ring (bicyclic) bond motifs is 1. The Labute approximate surface area is 117 Å². The first kappa shape index (κ1) is 14.1. The molecule has 0 saturated carbocycles. The zero-order valence-electron chi connectivity index (χ0n) is 11.5. The molecule has 19 heavy (non-hydrogen) atoms. The summed E-state index contributed by atoms with van der Waals surface area (Å²) in [4.78, 5) is 10.8. The van der Waals surface area contributed by atoms with Crippen LogP contribution in [0.1, 0.15) is 32.8 Å². The predicted octanol–water partition coefficient (Wildman–Crippen LogP) is 3.30. The molecule has 1 aliphatic heterocycles. The molecule has 2 rings (SSSR count). The van der Waals surface area contributed by atoms with E-state index in [1.807, 2.05) is 6.07 Å². The second-order valence-electron chi connectivity index (χ2n) is 5.68. The van der Waals surface area contributed by atoms with Crippen molar-refractivity contribution in [1.82, 2.24) is 4.72 Å². The zero-order chi connectivity index (χ0) is 14.0. The fourth-order valence-electron chi connectivity index (χ4n) is 2.03. The van der Waals surface area contributed by atoms with Gasteiger partial charge in [-0.05, 0) is 39.7 Å². The average Bonchev–Trinajstić information content (AvgIpc) is 2.34. The first-order chi connectivity index (χ1) is 8.88. The third-order valence-corrected chi connectivity index (χ3v) is 4.15. The molecule has 1 aliphatic rings. The van der Waals surface area contributed by atoms with E-state index in [4.69, 9.17) is 0 Å². The third kappa shape index (κ3) is 3.39. The van der Waals surface area contributed by atoms with Crippen molar-refractivity contribution in [1.29, 1.82) is 0 Å². The molecule has 0 bridgehead atoms. The highest BCUT2D eigenvalue weighted by Gasteiger charge is 2.25. The van der Waals surface area contributed by atoms with E-state index < -0.39 is 0 Å². The summed E-state index contributed by atoms with van der Waals surface area (Å²) >= 11 is 1.53. The van der Waals surface area contributed by atoms with Crippen molar-refractivity contribution in [2.75, 3.05) is 10.8 Å². The topological polar surface area (TPSA) is 58.4 Å². The quantitative estimate of drug-likeness (QED) is 0.523. The maximum absolute atomic E-state index is 11.1. The van der Waals surface area contributed by atoms with Crippen LogP contribution in [0.4, 0.5) is 11.4 Å². The summed E-state index contributed by atoms with van der Waals surface area (Å²) in [7, 11) is 0. The van der Waals surface area contributed by atoms with Crippen molar-refractivity contribution in [3.63, 3.8) is 0 Å². The maximum Gasteiger partial charge on any atom is 0.274 e. The van der Waals surface area contributed by atoms with Crippen LogP contribution in [-0.2, 0) is 6.42 Å². The molecule has 1 aromatic carbocycles. The number of nitrogens with one attached hydrogen (secondary N) is 1. The van der Waals surface area contributed by atoms with Crippen LogP contribution in [-0.4, -0.2) is 17.0 Å². The van der Waals surface area contributed by atoms with Crippen molar-refractivity contribution in [2.24, 2.45) is 0 Å². The number of nitro groups is 1. The van der Waals surface area contributed by atoms with E-state index in [1.54, 1.807) is 12.1 Å². The minimum Gasteiger partial charge on any atom is -0.303 e. The number of benzene rings is 1. The highest BCUT2D eigenvalue weighted by Crippen LogP contribution is 2.36. The SMILES string of the molecule is CC(C)(C)NSN1CCCc2c1cccc2[N+](=O)[O-]. The number of anilines is 1. The summed E-state index contributed by atoms with van der Waals surface area (Å²) in [6.45, 7) is 7.19. The molecule has 1 aromatic rings. The molecule has 0 aromatic heterocycles. The van der Waals surface area contributed by atoms with E-state index in [0.717, 1.165) is 30.6 Å². The van der Waals surface area contributed by atoms with E-state index in [2.05, 4.69) is 29.8 Å². The van der Waals surface area contributed by atoms with Gasteiger partial charge in [0.1, 0.15) is 0 Å².